The predicted molar refractivity (Wildman–Crippen MR) is 101 cm³/mol. The zero-order valence-corrected chi connectivity index (χ0v) is 15.8. The molecule has 0 aliphatic heterocycles. The minimum Gasteiger partial charge on any atom is -0.350 e. The van der Waals surface area contributed by atoms with Gasteiger partial charge in [0.05, 0.1) is 12.2 Å². The van der Waals surface area contributed by atoms with Gasteiger partial charge in [0.2, 0.25) is 17.6 Å². The van der Waals surface area contributed by atoms with Crippen LogP contribution in [0.25, 0.3) is 11.4 Å². The molecule has 0 atom stereocenters. The molecular formula is C19H21N5O2S. The molecule has 0 fully saturated rings. The topological polar surface area (TPSA) is 93.8 Å². The van der Waals surface area contributed by atoms with Crippen LogP contribution >= 0.6 is 11.3 Å². The minimum absolute atomic E-state index is 0.0250. The van der Waals surface area contributed by atoms with Gasteiger partial charge in [-0.3, -0.25) is 9.78 Å². The van der Waals surface area contributed by atoms with Crippen molar-refractivity contribution in [2.75, 3.05) is 0 Å². The fraction of sp³-hybridized carbons (Fsp3) is 0.421. The Balaban J connectivity index is 1.21. The second kappa shape index (κ2) is 8.39. The van der Waals surface area contributed by atoms with E-state index in [0.717, 1.165) is 23.4 Å². The van der Waals surface area contributed by atoms with Crippen molar-refractivity contribution in [1.82, 2.24) is 25.4 Å². The van der Waals surface area contributed by atoms with E-state index < -0.39 is 0 Å². The summed E-state index contributed by atoms with van der Waals surface area (Å²) in [6.07, 6.45) is 9.73. The highest BCUT2D eigenvalue weighted by molar-refractivity contribution is 7.11. The Morgan fingerprint density at radius 2 is 2.04 bits per heavy atom. The molecular weight excluding hydrogens is 362 g/mol. The third-order valence-electron chi connectivity index (χ3n) is 4.53. The van der Waals surface area contributed by atoms with E-state index in [1.807, 2.05) is 12.1 Å². The van der Waals surface area contributed by atoms with Crippen LogP contribution in [0.15, 0.2) is 29.0 Å². The average molecular weight is 383 g/mol. The first-order valence-corrected chi connectivity index (χ1v) is 10.1. The molecule has 3 aromatic heterocycles. The molecule has 0 bridgehead atoms. The molecule has 0 saturated heterocycles. The maximum Gasteiger partial charge on any atom is 0.226 e. The summed E-state index contributed by atoms with van der Waals surface area (Å²) < 4.78 is 5.26. The zero-order chi connectivity index (χ0) is 18.5. The summed E-state index contributed by atoms with van der Waals surface area (Å²) >= 11 is 1.74. The van der Waals surface area contributed by atoms with Crippen LogP contribution in [0.5, 0.6) is 0 Å². The van der Waals surface area contributed by atoms with Gasteiger partial charge in [-0.05, 0) is 44.2 Å². The Kier molecular flexibility index (Phi) is 5.53. The molecule has 1 aliphatic carbocycles. The Hall–Kier alpha value is -2.61. The molecule has 0 radical (unpaired) electrons. The summed E-state index contributed by atoms with van der Waals surface area (Å²) in [4.78, 5) is 26.4. The van der Waals surface area contributed by atoms with Crippen molar-refractivity contribution in [2.45, 2.75) is 51.5 Å². The number of amides is 1. The number of aryl methyl sites for hydroxylation is 3. The smallest absolute Gasteiger partial charge is 0.226 e. The summed E-state index contributed by atoms with van der Waals surface area (Å²) in [5.41, 5.74) is 2.10. The van der Waals surface area contributed by atoms with Crippen molar-refractivity contribution in [3.05, 3.63) is 46.0 Å². The summed E-state index contributed by atoms with van der Waals surface area (Å²) in [6.45, 7) is 0.517. The van der Waals surface area contributed by atoms with Crippen LogP contribution in [0.2, 0.25) is 0 Å². The molecule has 0 unspecified atom stereocenters. The SMILES string of the molecule is O=C(CCCc1nc(-c2ccncc2)no1)NCc1nc2c(s1)CCCC2. The molecule has 7 nitrogen and oxygen atoms in total. The highest BCUT2D eigenvalue weighted by Crippen LogP contribution is 2.26. The van der Waals surface area contributed by atoms with Gasteiger partial charge in [0.1, 0.15) is 5.01 Å². The van der Waals surface area contributed by atoms with E-state index in [4.69, 9.17) is 4.52 Å². The van der Waals surface area contributed by atoms with Crippen LogP contribution in [-0.4, -0.2) is 26.0 Å². The van der Waals surface area contributed by atoms with Crippen molar-refractivity contribution in [3.63, 3.8) is 0 Å². The van der Waals surface area contributed by atoms with Gasteiger partial charge >= 0.3 is 0 Å². The number of fused-ring (bicyclic) bond motifs is 1. The molecule has 1 aliphatic rings. The first-order valence-electron chi connectivity index (χ1n) is 9.25. The maximum atomic E-state index is 12.1. The Bertz CT molecular complexity index is 882. The molecule has 0 aromatic carbocycles. The molecule has 0 spiro atoms. The largest absolute Gasteiger partial charge is 0.350 e. The molecule has 27 heavy (non-hydrogen) atoms. The highest BCUT2D eigenvalue weighted by Gasteiger charge is 2.15. The van der Waals surface area contributed by atoms with E-state index >= 15 is 0 Å². The molecule has 4 rings (SSSR count). The van der Waals surface area contributed by atoms with Crippen molar-refractivity contribution >= 4 is 17.2 Å². The third kappa shape index (κ3) is 4.57. The lowest BCUT2D eigenvalue weighted by atomic mass is 10.0. The van der Waals surface area contributed by atoms with Crippen molar-refractivity contribution in [2.24, 2.45) is 0 Å². The number of aromatic nitrogens is 4. The Morgan fingerprint density at radius 1 is 1.19 bits per heavy atom. The summed E-state index contributed by atoms with van der Waals surface area (Å²) in [5, 5.41) is 7.94. The van der Waals surface area contributed by atoms with Crippen LogP contribution in [-0.2, 0) is 30.6 Å². The number of nitrogens with zero attached hydrogens (tertiary/aromatic N) is 4. The number of rotatable bonds is 7. The number of hydrogen-bond acceptors (Lipinski definition) is 7. The lowest BCUT2D eigenvalue weighted by Gasteiger charge is -2.06. The minimum atomic E-state index is 0.0250. The van der Waals surface area contributed by atoms with Gasteiger partial charge < -0.3 is 9.84 Å². The average Bonchev–Trinajstić information content (AvgIpc) is 3.34. The molecule has 1 N–H and O–H groups in total. The molecule has 1 amide bonds. The van der Waals surface area contributed by atoms with Gasteiger partial charge in [-0.2, -0.15) is 4.98 Å². The van der Waals surface area contributed by atoms with Crippen molar-refractivity contribution in [1.29, 1.82) is 0 Å². The quantitative estimate of drug-likeness (QED) is 0.674. The summed E-state index contributed by atoms with van der Waals surface area (Å²) in [5.74, 6) is 1.11. The van der Waals surface area contributed by atoms with Crippen LogP contribution in [0.1, 0.15) is 47.2 Å². The van der Waals surface area contributed by atoms with E-state index in [1.165, 1.54) is 23.4 Å². The molecule has 3 heterocycles. The monoisotopic (exact) mass is 383 g/mol. The summed E-state index contributed by atoms with van der Waals surface area (Å²) in [7, 11) is 0. The summed E-state index contributed by atoms with van der Waals surface area (Å²) in [6, 6.07) is 3.66. The lowest BCUT2D eigenvalue weighted by molar-refractivity contribution is -0.121. The van der Waals surface area contributed by atoms with Crippen LogP contribution in [0.3, 0.4) is 0 Å². The van der Waals surface area contributed by atoms with E-state index in [9.17, 15) is 4.79 Å². The zero-order valence-electron chi connectivity index (χ0n) is 15.0. The first-order chi connectivity index (χ1) is 13.3. The van der Waals surface area contributed by atoms with Gasteiger partial charge in [-0.15, -0.1) is 11.3 Å². The predicted octanol–water partition coefficient (Wildman–Crippen LogP) is 3.11. The Labute approximate surface area is 161 Å². The van der Waals surface area contributed by atoms with Crippen molar-refractivity contribution < 1.29 is 9.32 Å². The number of nitrogens with one attached hydrogen (secondary N) is 1. The number of carbonyl (C=O) groups is 1. The first kappa shape index (κ1) is 17.8. The fourth-order valence-corrected chi connectivity index (χ4v) is 4.21. The number of carbonyl (C=O) groups excluding carboxylic acids is 1. The molecule has 0 saturated carbocycles. The van der Waals surface area contributed by atoms with E-state index in [2.05, 4.69) is 25.4 Å². The van der Waals surface area contributed by atoms with Crippen LogP contribution in [0.4, 0.5) is 0 Å². The second-order valence-corrected chi connectivity index (χ2v) is 7.73. The van der Waals surface area contributed by atoms with E-state index in [1.54, 1.807) is 23.7 Å². The van der Waals surface area contributed by atoms with Crippen LogP contribution in [0, 0.1) is 0 Å². The van der Waals surface area contributed by atoms with Gasteiger partial charge in [0.25, 0.3) is 0 Å². The number of pyridine rings is 1. The van der Waals surface area contributed by atoms with Gasteiger partial charge in [-0.25, -0.2) is 4.98 Å². The normalized spacial score (nSPS) is 13.3. The molecule has 140 valence electrons. The third-order valence-corrected chi connectivity index (χ3v) is 5.69. The van der Waals surface area contributed by atoms with Gasteiger partial charge in [0.15, 0.2) is 0 Å². The molecule has 3 aromatic rings. The highest BCUT2D eigenvalue weighted by atomic mass is 32.1. The Morgan fingerprint density at radius 3 is 2.89 bits per heavy atom. The number of thiazole rings is 1. The van der Waals surface area contributed by atoms with Crippen molar-refractivity contribution in [3.8, 4) is 11.4 Å². The second-order valence-electron chi connectivity index (χ2n) is 6.56. The van der Waals surface area contributed by atoms with E-state index in [0.29, 0.717) is 37.5 Å². The van der Waals surface area contributed by atoms with Gasteiger partial charge in [0, 0.05) is 35.7 Å². The van der Waals surface area contributed by atoms with Crippen LogP contribution < -0.4 is 5.32 Å². The van der Waals surface area contributed by atoms with E-state index in [-0.39, 0.29) is 5.91 Å². The maximum absolute atomic E-state index is 12.1. The standard InChI is InChI=1S/C19H21N5O2S/c25-16(21-12-18-22-14-4-1-2-5-15(14)27-18)6-3-7-17-23-19(24-26-17)13-8-10-20-11-9-13/h8-11H,1-7,12H2,(H,21,25). The number of hydrogen-bond donors (Lipinski definition) is 1. The molecule has 8 heteroatoms. The fourth-order valence-electron chi connectivity index (χ4n) is 3.12. The lowest BCUT2D eigenvalue weighted by Crippen LogP contribution is -2.22. The van der Waals surface area contributed by atoms with Gasteiger partial charge in [-0.1, -0.05) is 5.16 Å².